The Morgan fingerprint density at radius 3 is 2.46 bits per heavy atom. The Hall–Kier alpha value is -1.74. The van der Waals surface area contributed by atoms with Crippen molar-refractivity contribution in [2.75, 3.05) is 32.9 Å². The highest BCUT2D eigenvalue weighted by molar-refractivity contribution is 7.89. The van der Waals surface area contributed by atoms with Gasteiger partial charge in [0, 0.05) is 18.0 Å². The van der Waals surface area contributed by atoms with E-state index >= 15 is 0 Å². The molecule has 0 radical (unpaired) electrons. The Kier molecular flexibility index (Phi) is 6.08. The lowest BCUT2D eigenvalue weighted by molar-refractivity contribution is 0.0730. The van der Waals surface area contributed by atoms with Crippen LogP contribution >= 0.6 is 11.3 Å². The number of morpholine rings is 1. The minimum absolute atomic E-state index is 0.0702. The number of rotatable bonds is 7. The first kappa shape index (κ1) is 19.0. The number of Topliss-reactive ketones (excluding diaryl/α,β-unsaturated/α-hetero) is 1. The van der Waals surface area contributed by atoms with Crippen LogP contribution in [0.25, 0.3) is 0 Å². The molecule has 1 aromatic heterocycles. The van der Waals surface area contributed by atoms with Crippen molar-refractivity contribution in [1.82, 2.24) is 4.31 Å². The van der Waals surface area contributed by atoms with Crippen molar-refractivity contribution in [2.45, 2.75) is 18.2 Å². The Bertz CT molecular complexity index is 852. The molecule has 2 heterocycles. The molecular formula is C18H21NO5S2. The molecule has 140 valence electrons. The molecule has 0 saturated carbocycles. The quantitative estimate of drug-likeness (QED) is 0.674. The maximum absolute atomic E-state index is 12.6. The highest BCUT2D eigenvalue weighted by Crippen LogP contribution is 2.21. The van der Waals surface area contributed by atoms with E-state index < -0.39 is 10.0 Å². The van der Waals surface area contributed by atoms with Crippen molar-refractivity contribution in [3.05, 3.63) is 46.2 Å². The lowest BCUT2D eigenvalue weighted by Crippen LogP contribution is -2.40. The second-order valence-corrected chi connectivity index (χ2v) is 8.93. The summed E-state index contributed by atoms with van der Waals surface area (Å²) in [6.45, 7) is 3.50. The molecule has 0 amide bonds. The van der Waals surface area contributed by atoms with Gasteiger partial charge in [-0.3, -0.25) is 4.79 Å². The summed E-state index contributed by atoms with van der Waals surface area (Å²) in [5.74, 6) is 0.381. The van der Waals surface area contributed by atoms with E-state index in [1.165, 1.54) is 27.8 Å². The summed E-state index contributed by atoms with van der Waals surface area (Å²) < 4.78 is 37.2. The number of carbonyl (C=O) groups excluding carboxylic acids is 1. The van der Waals surface area contributed by atoms with Crippen molar-refractivity contribution >= 4 is 27.1 Å². The van der Waals surface area contributed by atoms with E-state index in [4.69, 9.17) is 9.47 Å². The fourth-order valence-corrected chi connectivity index (χ4v) is 4.86. The number of thiophene rings is 1. The molecule has 0 atom stereocenters. The van der Waals surface area contributed by atoms with Crippen LogP contribution in [0.2, 0.25) is 0 Å². The molecule has 0 unspecified atom stereocenters. The normalized spacial score (nSPS) is 15.7. The predicted octanol–water partition coefficient (Wildman–Crippen LogP) is 2.59. The SMILES string of the molecule is CCc1ccc(C(=O)COc2ccc(S(=O)(=O)N3CCOCC3)cc2)s1. The van der Waals surface area contributed by atoms with Gasteiger partial charge in [0.15, 0.2) is 6.61 Å². The van der Waals surface area contributed by atoms with Crippen LogP contribution in [-0.4, -0.2) is 51.4 Å². The molecule has 1 aliphatic rings. The first-order valence-electron chi connectivity index (χ1n) is 8.43. The molecular weight excluding hydrogens is 374 g/mol. The topological polar surface area (TPSA) is 72.9 Å². The molecule has 0 spiro atoms. The van der Waals surface area contributed by atoms with E-state index in [1.807, 2.05) is 19.1 Å². The molecule has 8 heteroatoms. The van der Waals surface area contributed by atoms with Gasteiger partial charge < -0.3 is 9.47 Å². The van der Waals surface area contributed by atoms with Crippen molar-refractivity contribution in [3.63, 3.8) is 0 Å². The van der Waals surface area contributed by atoms with E-state index in [0.717, 1.165) is 11.3 Å². The number of carbonyl (C=O) groups is 1. The molecule has 1 saturated heterocycles. The maximum atomic E-state index is 12.6. The highest BCUT2D eigenvalue weighted by Gasteiger charge is 2.26. The molecule has 26 heavy (non-hydrogen) atoms. The number of benzene rings is 1. The van der Waals surface area contributed by atoms with E-state index in [2.05, 4.69) is 0 Å². The van der Waals surface area contributed by atoms with Crippen LogP contribution in [0.4, 0.5) is 0 Å². The average molecular weight is 396 g/mol. The zero-order valence-electron chi connectivity index (χ0n) is 14.5. The van der Waals surface area contributed by atoms with Gasteiger partial charge in [-0.15, -0.1) is 11.3 Å². The van der Waals surface area contributed by atoms with Gasteiger partial charge in [0.05, 0.1) is 23.0 Å². The van der Waals surface area contributed by atoms with Crippen molar-refractivity contribution in [2.24, 2.45) is 0 Å². The number of hydrogen-bond acceptors (Lipinski definition) is 6. The Labute approximate surface area is 157 Å². The fraction of sp³-hybridized carbons (Fsp3) is 0.389. The van der Waals surface area contributed by atoms with Gasteiger partial charge in [-0.1, -0.05) is 6.92 Å². The van der Waals surface area contributed by atoms with Crippen molar-refractivity contribution in [1.29, 1.82) is 0 Å². The van der Waals surface area contributed by atoms with Crippen LogP contribution in [0, 0.1) is 0 Å². The Morgan fingerprint density at radius 1 is 1.15 bits per heavy atom. The number of hydrogen-bond donors (Lipinski definition) is 0. The Balaban J connectivity index is 1.61. The zero-order valence-corrected chi connectivity index (χ0v) is 16.1. The van der Waals surface area contributed by atoms with E-state index in [0.29, 0.717) is 36.9 Å². The van der Waals surface area contributed by atoms with E-state index in [-0.39, 0.29) is 17.3 Å². The van der Waals surface area contributed by atoms with Crippen LogP contribution in [-0.2, 0) is 21.2 Å². The highest BCUT2D eigenvalue weighted by atomic mass is 32.2. The van der Waals surface area contributed by atoms with E-state index in [1.54, 1.807) is 12.1 Å². The summed E-state index contributed by atoms with van der Waals surface area (Å²) >= 11 is 1.47. The summed E-state index contributed by atoms with van der Waals surface area (Å²) in [5.41, 5.74) is 0. The Morgan fingerprint density at radius 2 is 1.85 bits per heavy atom. The monoisotopic (exact) mass is 395 g/mol. The van der Waals surface area contributed by atoms with Gasteiger partial charge in [-0.25, -0.2) is 8.42 Å². The molecule has 3 rings (SSSR count). The lowest BCUT2D eigenvalue weighted by atomic mass is 10.3. The molecule has 1 fully saturated rings. The third-order valence-electron chi connectivity index (χ3n) is 4.09. The zero-order chi connectivity index (χ0) is 18.6. The smallest absolute Gasteiger partial charge is 0.243 e. The number of nitrogens with zero attached hydrogens (tertiary/aromatic N) is 1. The summed E-state index contributed by atoms with van der Waals surface area (Å²) in [7, 11) is -3.52. The number of sulfonamides is 1. The summed E-state index contributed by atoms with van der Waals surface area (Å²) in [4.78, 5) is 14.2. The predicted molar refractivity (Wildman–Crippen MR) is 99.5 cm³/mol. The first-order chi connectivity index (χ1) is 12.5. The molecule has 1 aliphatic heterocycles. The first-order valence-corrected chi connectivity index (χ1v) is 10.7. The molecule has 0 aliphatic carbocycles. The molecule has 0 N–H and O–H groups in total. The second kappa shape index (κ2) is 8.30. The number of ether oxygens (including phenoxy) is 2. The summed E-state index contributed by atoms with van der Waals surface area (Å²) in [5, 5.41) is 0. The van der Waals surface area contributed by atoms with Crippen LogP contribution in [0.1, 0.15) is 21.5 Å². The molecule has 0 bridgehead atoms. The van der Waals surface area contributed by atoms with Crippen LogP contribution in [0.3, 0.4) is 0 Å². The number of ketones is 1. The van der Waals surface area contributed by atoms with Crippen molar-refractivity contribution in [3.8, 4) is 5.75 Å². The molecule has 1 aromatic carbocycles. The summed E-state index contributed by atoms with van der Waals surface area (Å²) in [6, 6.07) is 9.92. The van der Waals surface area contributed by atoms with Gasteiger partial charge in [0.1, 0.15) is 5.75 Å². The molecule has 6 nitrogen and oxygen atoms in total. The van der Waals surface area contributed by atoms with E-state index in [9.17, 15) is 13.2 Å². The van der Waals surface area contributed by atoms with Crippen LogP contribution in [0.15, 0.2) is 41.3 Å². The lowest BCUT2D eigenvalue weighted by Gasteiger charge is -2.26. The average Bonchev–Trinajstić information content (AvgIpc) is 3.16. The number of aryl methyl sites for hydroxylation is 1. The summed E-state index contributed by atoms with van der Waals surface area (Å²) in [6.07, 6.45) is 0.901. The largest absolute Gasteiger partial charge is 0.485 e. The van der Waals surface area contributed by atoms with Gasteiger partial charge in [0.2, 0.25) is 15.8 Å². The fourth-order valence-electron chi connectivity index (χ4n) is 2.58. The van der Waals surface area contributed by atoms with Crippen LogP contribution in [0.5, 0.6) is 5.75 Å². The van der Waals surface area contributed by atoms with Crippen LogP contribution < -0.4 is 4.74 Å². The molecule has 2 aromatic rings. The van der Waals surface area contributed by atoms with Crippen molar-refractivity contribution < 1.29 is 22.7 Å². The van der Waals surface area contributed by atoms with Gasteiger partial charge >= 0.3 is 0 Å². The minimum atomic E-state index is -3.52. The second-order valence-electron chi connectivity index (χ2n) is 5.82. The third-order valence-corrected chi connectivity index (χ3v) is 7.27. The third kappa shape index (κ3) is 4.32. The standard InChI is InChI=1S/C18H21NO5S2/c1-2-15-5-8-18(25-15)17(20)13-24-14-3-6-16(7-4-14)26(21,22)19-9-11-23-12-10-19/h3-8H,2,9-13H2,1H3. The van der Waals surface area contributed by atoms with Gasteiger partial charge in [-0.2, -0.15) is 4.31 Å². The maximum Gasteiger partial charge on any atom is 0.243 e. The minimum Gasteiger partial charge on any atom is -0.485 e. The van der Waals surface area contributed by atoms with Gasteiger partial charge in [-0.05, 0) is 42.8 Å². The van der Waals surface area contributed by atoms with Gasteiger partial charge in [0.25, 0.3) is 0 Å².